The zero-order valence-electron chi connectivity index (χ0n) is 14.7. The molecule has 8 heteroatoms. The zero-order chi connectivity index (χ0) is 19.3. The summed E-state index contributed by atoms with van der Waals surface area (Å²) < 4.78 is 32.3. The fraction of sp³-hybridized carbons (Fsp3) is 0.278. The van der Waals surface area contributed by atoms with Crippen LogP contribution < -0.4 is 14.8 Å². The van der Waals surface area contributed by atoms with E-state index in [0.29, 0.717) is 5.75 Å². The second-order valence-corrected chi connectivity index (χ2v) is 7.90. The Labute approximate surface area is 158 Å². The maximum atomic E-state index is 12.5. The van der Waals surface area contributed by atoms with Crippen LogP contribution in [0.25, 0.3) is 0 Å². The van der Waals surface area contributed by atoms with Gasteiger partial charge in [-0.3, -0.25) is 4.79 Å². The molecule has 0 aliphatic rings. The van der Waals surface area contributed by atoms with Gasteiger partial charge in [-0.1, -0.05) is 41.9 Å². The van der Waals surface area contributed by atoms with Crippen molar-refractivity contribution < 1.29 is 17.9 Å². The highest BCUT2D eigenvalue weighted by atomic mass is 35.5. The van der Waals surface area contributed by atoms with Gasteiger partial charge in [-0.25, -0.2) is 8.42 Å². The highest BCUT2D eigenvalue weighted by molar-refractivity contribution is 7.89. The minimum Gasteiger partial charge on any atom is -0.495 e. The van der Waals surface area contributed by atoms with Crippen LogP contribution in [0.3, 0.4) is 0 Å². The Morgan fingerprint density at radius 3 is 2.35 bits per heavy atom. The van der Waals surface area contributed by atoms with E-state index < -0.39 is 22.0 Å². The fourth-order valence-electron chi connectivity index (χ4n) is 2.33. The van der Waals surface area contributed by atoms with Crippen LogP contribution in [0.2, 0.25) is 5.02 Å². The van der Waals surface area contributed by atoms with E-state index in [1.54, 1.807) is 0 Å². The van der Waals surface area contributed by atoms with E-state index in [1.807, 2.05) is 37.3 Å². The minimum atomic E-state index is -3.90. The molecule has 0 saturated carbocycles. The Morgan fingerprint density at radius 1 is 1.12 bits per heavy atom. The summed E-state index contributed by atoms with van der Waals surface area (Å²) in [6.45, 7) is 3.31. The maximum absolute atomic E-state index is 12.5. The number of amides is 1. The molecule has 2 atom stereocenters. The van der Waals surface area contributed by atoms with Gasteiger partial charge in [0.25, 0.3) is 0 Å². The van der Waals surface area contributed by atoms with Crippen LogP contribution in [0.5, 0.6) is 5.75 Å². The van der Waals surface area contributed by atoms with Crippen molar-refractivity contribution in [2.24, 2.45) is 0 Å². The first kappa shape index (κ1) is 20.2. The molecule has 2 aromatic rings. The molecule has 0 bridgehead atoms. The van der Waals surface area contributed by atoms with Gasteiger partial charge in [-0.2, -0.15) is 4.72 Å². The molecule has 2 N–H and O–H groups in total. The lowest BCUT2D eigenvalue weighted by Crippen LogP contribution is -2.45. The third-order valence-electron chi connectivity index (χ3n) is 3.82. The molecule has 0 heterocycles. The first-order valence-corrected chi connectivity index (χ1v) is 9.82. The Kier molecular flexibility index (Phi) is 6.63. The normalized spacial score (nSPS) is 13.7. The van der Waals surface area contributed by atoms with Crippen LogP contribution >= 0.6 is 11.6 Å². The van der Waals surface area contributed by atoms with Crippen molar-refractivity contribution in [2.75, 3.05) is 7.11 Å². The molecule has 140 valence electrons. The van der Waals surface area contributed by atoms with E-state index in [-0.39, 0.29) is 16.0 Å². The van der Waals surface area contributed by atoms with Crippen LogP contribution in [0.4, 0.5) is 0 Å². The third-order valence-corrected chi connectivity index (χ3v) is 5.65. The van der Waals surface area contributed by atoms with E-state index in [1.165, 1.54) is 32.2 Å². The number of benzene rings is 2. The maximum Gasteiger partial charge on any atom is 0.241 e. The van der Waals surface area contributed by atoms with Gasteiger partial charge in [0.2, 0.25) is 15.9 Å². The molecule has 0 fully saturated rings. The summed E-state index contributed by atoms with van der Waals surface area (Å²) in [5.74, 6) is -0.0577. The molecule has 0 saturated heterocycles. The number of halogens is 1. The van der Waals surface area contributed by atoms with Gasteiger partial charge < -0.3 is 10.1 Å². The summed E-state index contributed by atoms with van der Waals surface area (Å²) in [6.07, 6.45) is 0. The van der Waals surface area contributed by atoms with Crippen LogP contribution in [0.15, 0.2) is 53.4 Å². The summed E-state index contributed by atoms with van der Waals surface area (Å²) in [4.78, 5) is 12.3. The molecule has 0 aliphatic carbocycles. The van der Waals surface area contributed by atoms with Crippen LogP contribution in [-0.4, -0.2) is 27.5 Å². The summed E-state index contributed by atoms with van der Waals surface area (Å²) >= 11 is 5.97. The van der Waals surface area contributed by atoms with E-state index in [0.717, 1.165) is 5.56 Å². The van der Waals surface area contributed by atoms with Crippen molar-refractivity contribution in [3.05, 3.63) is 59.1 Å². The summed E-state index contributed by atoms with van der Waals surface area (Å²) in [6, 6.07) is 12.3. The van der Waals surface area contributed by atoms with Crippen molar-refractivity contribution in [2.45, 2.75) is 30.8 Å². The van der Waals surface area contributed by atoms with Gasteiger partial charge in [0.1, 0.15) is 5.75 Å². The Balaban J connectivity index is 2.06. The lowest BCUT2D eigenvalue weighted by atomic mass is 10.1. The molecule has 0 aliphatic heterocycles. The molecule has 0 unspecified atom stereocenters. The number of ether oxygens (including phenoxy) is 1. The van der Waals surface area contributed by atoms with Crippen molar-refractivity contribution in [3.63, 3.8) is 0 Å². The predicted octanol–water partition coefficient (Wildman–Crippen LogP) is 2.89. The zero-order valence-corrected chi connectivity index (χ0v) is 16.3. The van der Waals surface area contributed by atoms with Crippen molar-refractivity contribution in [3.8, 4) is 5.75 Å². The average molecular weight is 397 g/mol. The van der Waals surface area contributed by atoms with Gasteiger partial charge in [0.15, 0.2) is 0 Å². The number of rotatable bonds is 7. The van der Waals surface area contributed by atoms with Crippen molar-refractivity contribution >= 4 is 27.5 Å². The van der Waals surface area contributed by atoms with Crippen molar-refractivity contribution in [1.29, 1.82) is 0 Å². The highest BCUT2D eigenvalue weighted by Gasteiger charge is 2.24. The van der Waals surface area contributed by atoms with Crippen LogP contribution in [0.1, 0.15) is 25.5 Å². The fourth-order valence-corrected chi connectivity index (χ4v) is 3.88. The molecular weight excluding hydrogens is 376 g/mol. The highest BCUT2D eigenvalue weighted by Crippen LogP contribution is 2.26. The SMILES string of the molecule is COc1ccc(S(=O)(=O)N[C@@H](C)C(=O)N[C@H](C)c2ccccc2)cc1Cl. The van der Waals surface area contributed by atoms with Gasteiger partial charge in [-0.05, 0) is 37.6 Å². The molecule has 1 amide bonds. The number of sulfonamides is 1. The number of nitrogens with one attached hydrogen (secondary N) is 2. The summed E-state index contributed by atoms with van der Waals surface area (Å²) in [5, 5.41) is 2.96. The van der Waals surface area contributed by atoms with Crippen LogP contribution in [-0.2, 0) is 14.8 Å². The standard InChI is InChI=1S/C18H21ClN2O4S/c1-12(14-7-5-4-6-8-14)20-18(22)13(2)21-26(23,24)15-9-10-17(25-3)16(19)11-15/h4-13,21H,1-3H3,(H,20,22)/t12-,13+/m1/s1. The molecule has 0 spiro atoms. The molecule has 0 aromatic heterocycles. The van der Waals surface area contributed by atoms with Gasteiger partial charge in [0, 0.05) is 0 Å². The lowest BCUT2D eigenvalue weighted by molar-refractivity contribution is -0.123. The predicted molar refractivity (Wildman–Crippen MR) is 101 cm³/mol. The topological polar surface area (TPSA) is 84.5 Å². The minimum absolute atomic E-state index is 0.0425. The Hall–Kier alpha value is -2.09. The largest absolute Gasteiger partial charge is 0.495 e. The number of carbonyl (C=O) groups is 1. The summed E-state index contributed by atoms with van der Waals surface area (Å²) in [5.41, 5.74) is 0.929. The first-order valence-electron chi connectivity index (χ1n) is 7.96. The van der Waals surface area contributed by atoms with E-state index in [2.05, 4.69) is 10.0 Å². The average Bonchev–Trinajstić information content (AvgIpc) is 2.61. The quantitative estimate of drug-likeness (QED) is 0.753. The van der Waals surface area contributed by atoms with Crippen LogP contribution in [0, 0.1) is 0 Å². The third kappa shape index (κ3) is 4.97. The molecule has 2 aromatic carbocycles. The van der Waals surface area contributed by atoms with Gasteiger partial charge in [0.05, 0.1) is 29.1 Å². The lowest BCUT2D eigenvalue weighted by Gasteiger charge is -2.19. The number of methoxy groups -OCH3 is 1. The second-order valence-electron chi connectivity index (χ2n) is 5.78. The second kappa shape index (κ2) is 8.53. The molecule has 0 radical (unpaired) electrons. The monoisotopic (exact) mass is 396 g/mol. The van der Waals surface area contributed by atoms with Gasteiger partial charge in [-0.15, -0.1) is 0 Å². The van der Waals surface area contributed by atoms with Gasteiger partial charge >= 0.3 is 0 Å². The number of carbonyl (C=O) groups excluding carboxylic acids is 1. The van der Waals surface area contributed by atoms with E-state index in [9.17, 15) is 13.2 Å². The van der Waals surface area contributed by atoms with E-state index >= 15 is 0 Å². The Morgan fingerprint density at radius 2 is 1.77 bits per heavy atom. The Bertz CT molecular complexity index is 872. The molecule has 26 heavy (non-hydrogen) atoms. The summed E-state index contributed by atoms with van der Waals surface area (Å²) in [7, 11) is -2.46. The molecule has 2 rings (SSSR count). The number of hydrogen-bond acceptors (Lipinski definition) is 4. The molecule has 6 nitrogen and oxygen atoms in total. The van der Waals surface area contributed by atoms with Crippen molar-refractivity contribution in [1.82, 2.24) is 10.0 Å². The smallest absolute Gasteiger partial charge is 0.241 e. The number of hydrogen-bond donors (Lipinski definition) is 2. The van der Waals surface area contributed by atoms with E-state index in [4.69, 9.17) is 16.3 Å². The first-order chi connectivity index (χ1) is 12.2. The molecular formula is C18H21ClN2O4S.